The molecule has 58 heavy (non-hydrogen) atoms. The van der Waals surface area contributed by atoms with Crippen LogP contribution in [0, 0.1) is 0 Å². The molecular weight excluding hydrogens is 719 g/mol. The lowest BCUT2D eigenvalue weighted by atomic mass is 10.0. The molecule has 0 aliphatic rings. The zero-order valence-corrected chi connectivity index (χ0v) is 38.2. The zero-order chi connectivity index (χ0) is 42.4. The second kappa shape index (κ2) is 45.6. The molecule has 0 aliphatic carbocycles. The molecule has 336 valence electrons. The van der Waals surface area contributed by atoms with Crippen molar-refractivity contribution < 1.29 is 24.5 Å². The minimum absolute atomic E-state index is 0.0388. The average molecular weight is 812 g/mol. The van der Waals surface area contributed by atoms with Gasteiger partial charge in [0, 0.05) is 6.42 Å². The van der Waals surface area contributed by atoms with Crippen molar-refractivity contribution in [2.24, 2.45) is 0 Å². The van der Waals surface area contributed by atoms with Gasteiger partial charge in [-0.3, -0.25) is 9.59 Å². The molecule has 0 rings (SSSR count). The number of carbonyl (C=O) groups is 2. The van der Waals surface area contributed by atoms with E-state index in [9.17, 15) is 19.8 Å². The summed E-state index contributed by atoms with van der Waals surface area (Å²) in [6.45, 7) is 6.33. The molecule has 0 saturated carbocycles. The van der Waals surface area contributed by atoms with Crippen LogP contribution < -0.4 is 5.32 Å². The summed E-state index contributed by atoms with van der Waals surface area (Å²) in [6.07, 6.45) is 55.7. The van der Waals surface area contributed by atoms with Crippen molar-refractivity contribution in [2.75, 3.05) is 6.61 Å². The third kappa shape index (κ3) is 40.3. The number of hydrogen-bond acceptors (Lipinski definition) is 5. The number of ether oxygens (including phenoxy) is 1. The molecular formula is C52H93NO5. The second-order valence-corrected chi connectivity index (χ2v) is 16.5. The minimum atomic E-state index is -0.801. The summed E-state index contributed by atoms with van der Waals surface area (Å²) >= 11 is 0. The highest BCUT2D eigenvalue weighted by Gasteiger charge is 2.24. The number of nitrogens with one attached hydrogen (secondary N) is 1. The number of unbranched alkanes of at least 4 members (excludes halogenated alkanes) is 21. The fourth-order valence-electron chi connectivity index (χ4n) is 7.17. The largest absolute Gasteiger partial charge is 0.462 e. The summed E-state index contributed by atoms with van der Waals surface area (Å²) in [5, 5.41) is 23.7. The smallest absolute Gasteiger partial charge is 0.306 e. The molecule has 0 aromatic carbocycles. The molecule has 0 aromatic heterocycles. The van der Waals surface area contributed by atoms with Crippen LogP contribution in [0.4, 0.5) is 0 Å². The van der Waals surface area contributed by atoms with Crippen LogP contribution in [0.2, 0.25) is 0 Å². The summed E-state index contributed by atoms with van der Waals surface area (Å²) < 4.78 is 5.88. The molecule has 6 nitrogen and oxygen atoms in total. The Bertz CT molecular complexity index is 1050. The van der Waals surface area contributed by atoms with Gasteiger partial charge in [0.1, 0.15) is 6.10 Å². The van der Waals surface area contributed by atoms with E-state index < -0.39 is 18.2 Å². The predicted octanol–water partition coefficient (Wildman–Crippen LogP) is 14.5. The van der Waals surface area contributed by atoms with E-state index in [2.05, 4.69) is 86.8 Å². The molecule has 0 radical (unpaired) electrons. The van der Waals surface area contributed by atoms with Crippen molar-refractivity contribution in [3.8, 4) is 0 Å². The first-order valence-corrected chi connectivity index (χ1v) is 24.5. The third-order valence-corrected chi connectivity index (χ3v) is 10.9. The molecule has 0 spiro atoms. The zero-order valence-electron chi connectivity index (χ0n) is 38.2. The number of carbonyl (C=O) groups excluding carboxylic acids is 2. The van der Waals surface area contributed by atoms with Gasteiger partial charge in [0.15, 0.2) is 0 Å². The first-order valence-electron chi connectivity index (χ1n) is 24.5. The van der Waals surface area contributed by atoms with Gasteiger partial charge in [-0.25, -0.2) is 0 Å². The molecule has 0 aliphatic heterocycles. The summed E-state index contributed by atoms with van der Waals surface area (Å²) in [4.78, 5) is 26.0. The molecule has 1 amide bonds. The van der Waals surface area contributed by atoms with E-state index in [1.807, 2.05) is 0 Å². The van der Waals surface area contributed by atoms with Crippen molar-refractivity contribution in [1.29, 1.82) is 0 Å². The number of rotatable bonds is 43. The predicted molar refractivity (Wildman–Crippen MR) is 250 cm³/mol. The maximum absolute atomic E-state index is 13.1. The number of allylic oxidation sites excluding steroid dienone is 10. The molecule has 0 saturated heterocycles. The highest BCUT2D eigenvalue weighted by molar-refractivity contribution is 5.77. The third-order valence-electron chi connectivity index (χ3n) is 10.9. The Morgan fingerprint density at radius 3 is 1.38 bits per heavy atom. The van der Waals surface area contributed by atoms with Gasteiger partial charge in [-0.15, -0.1) is 0 Å². The van der Waals surface area contributed by atoms with E-state index in [1.165, 1.54) is 103 Å². The van der Waals surface area contributed by atoms with Crippen LogP contribution in [0.3, 0.4) is 0 Å². The molecule has 3 unspecified atom stereocenters. The number of amides is 1. The van der Waals surface area contributed by atoms with Gasteiger partial charge in [0.05, 0.1) is 25.2 Å². The fourth-order valence-corrected chi connectivity index (χ4v) is 7.17. The molecule has 0 fully saturated rings. The van der Waals surface area contributed by atoms with Crippen LogP contribution in [-0.2, 0) is 14.3 Å². The lowest BCUT2D eigenvalue weighted by Gasteiger charge is -2.24. The number of esters is 1. The van der Waals surface area contributed by atoms with Crippen LogP contribution in [0.15, 0.2) is 60.8 Å². The molecule has 0 aromatic rings. The van der Waals surface area contributed by atoms with Crippen LogP contribution in [0.25, 0.3) is 0 Å². The summed E-state index contributed by atoms with van der Waals surface area (Å²) in [6, 6.07) is -0.718. The topological polar surface area (TPSA) is 95.9 Å². The van der Waals surface area contributed by atoms with Crippen molar-refractivity contribution in [3.05, 3.63) is 60.8 Å². The van der Waals surface area contributed by atoms with Crippen LogP contribution in [0.5, 0.6) is 0 Å². The Labute approximate surface area is 358 Å². The van der Waals surface area contributed by atoms with E-state index in [-0.39, 0.29) is 24.9 Å². The van der Waals surface area contributed by atoms with Crippen molar-refractivity contribution in [3.63, 3.8) is 0 Å². The van der Waals surface area contributed by atoms with Gasteiger partial charge in [-0.1, -0.05) is 216 Å². The quantitative estimate of drug-likeness (QED) is 0.0324. The van der Waals surface area contributed by atoms with E-state index in [1.54, 1.807) is 0 Å². The molecule has 0 bridgehead atoms. The normalized spacial score (nSPS) is 13.8. The Morgan fingerprint density at radius 1 is 0.517 bits per heavy atom. The monoisotopic (exact) mass is 812 g/mol. The number of aliphatic hydroxyl groups excluding tert-OH is 2. The fraction of sp³-hybridized carbons (Fsp3) is 0.769. The summed E-state index contributed by atoms with van der Waals surface area (Å²) in [5.41, 5.74) is 0. The van der Waals surface area contributed by atoms with Gasteiger partial charge in [0.2, 0.25) is 5.91 Å². The first kappa shape index (κ1) is 55.6. The lowest BCUT2D eigenvalue weighted by Crippen LogP contribution is -2.46. The molecule has 3 atom stereocenters. The number of aliphatic hydroxyl groups is 2. The molecule has 3 N–H and O–H groups in total. The molecule has 0 heterocycles. The maximum atomic E-state index is 13.1. The highest BCUT2D eigenvalue weighted by Crippen LogP contribution is 2.17. The van der Waals surface area contributed by atoms with E-state index >= 15 is 0 Å². The lowest BCUT2D eigenvalue weighted by molar-refractivity contribution is -0.151. The van der Waals surface area contributed by atoms with Crippen molar-refractivity contribution >= 4 is 11.9 Å². The highest BCUT2D eigenvalue weighted by atomic mass is 16.5. The molecule has 6 heteroatoms. The van der Waals surface area contributed by atoms with Gasteiger partial charge in [0.25, 0.3) is 0 Å². The Balaban J connectivity index is 4.66. The Hall–Kier alpha value is -2.44. The Morgan fingerprint density at radius 2 is 0.931 bits per heavy atom. The Kier molecular flexibility index (Phi) is 43.7. The van der Waals surface area contributed by atoms with Crippen LogP contribution >= 0.6 is 0 Å². The number of hydrogen-bond donors (Lipinski definition) is 3. The van der Waals surface area contributed by atoms with E-state index in [0.717, 1.165) is 83.5 Å². The van der Waals surface area contributed by atoms with Gasteiger partial charge in [-0.05, 0) is 64.2 Å². The summed E-state index contributed by atoms with van der Waals surface area (Å²) in [7, 11) is 0. The standard InChI is InChI=1S/C52H93NO5/c1-4-7-10-13-16-19-21-23-24-25-26-28-29-32-34-37-40-43-48(58-52(57)45-42-39-36-31-18-15-12-9-6-3)46-51(56)53-49(47-54)50(55)44-41-38-35-33-30-27-22-20-17-14-11-8-5-2/h7,10,16,19,23-24,26,28,32,34,48-50,54-55H,4-6,8-9,11-15,17-18,20-22,25,27,29-31,33,35-47H2,1-3H3,(H,53,56)/b10-7-,19-16-,24-23-,28-26-,34-32-. The first-order chi connectivity index (χ1) is 28.5. The van der Waals surface area contributed by atoms with Gasteiger partial charge < -0.3 is 20.3 Å². The van der Waals surface area contributed by atoms with Crippen molar-refractivity contribution in [1.82, 2.24) is 5.32 Å². The van der Waals surface area contributed by atoms with Gasteiger partial charge >= 0.3 is 5.97 Å². The van der Waals surface area contributed by atoms with E-state index in [4.69, 9.17) is 4.74 Å². The average Bonchev–Trinajstić information content (AvgIpc) is 3.22. The van der Waals surface area contributed by atoms with Crippen LogP contribution in [0.1, 0.15) is 233 Å². The second-order valence-electron chi connectivity index (χ2n) is 16.5. The van der Waals surface area contributed by atoms with Gasteiger partial charge in [-0.2, -0.15) is 0 Å². The van der Waals surface area contributed by atoms with Crippen molar-refractivity contribution in [2.45, 2.75) is 251 Å². The van der Waals surface area contributed by atoms with E-state index in [0.29, 0.717) is 19.3 Å². The summed E-state index contributed by atoms with van der Waals surface area (Å²) in [5.74, 6) is -0.531. The minimum Gasteiger partial charge on any atom is -0.462 e. The SMILES string of the molecule is CC/C=C\C/C=C\C/C=C\C/C=C\C/C=C\CCCC(CC(=O)NC(CO)C(O)CCCCCCCCCCCCCCC)OC(=O)CCCCCCCCCCC. The maximum Gasteiger partial charge on any atom is 0.306 e. The van der Waals surface area contributed by atoms with Crippen LogP contribution in [-0.4, -0.2) is 46.9 Å².